The van der Waals surface area contributed by atoms with Crippen LogP contribution in [0, 0.1) is 5.92 Å². The molecule has 2 saturated heterocycles. The lowest BCUT2D eigenvalue weighted by Crippen LogP contribution is -2.51. The number of halogens is 2. The Morgan fingerprint density at radius 2 is 1.98 bits per heavy atom. The monoisotopic (exact) mass is 571 g/mol. The van der Waals surface area contributed by atoms with Gasteiger partial charge in [0, 0.05) is 57.6 Å². The fraction of sp³-hybridized carbons (Fsp3) is 0.571. The summed E-state index contributed by atoms with van der Waals surface area (Å²) in [6, 6.07) is 6.96. The highest BCUT2D eigenvalue weighted by Gasteiger charge is 2.34. The predicted molar refractivity (Wildman–Crippen MR) is 147 cm³/mol. The summed E-state index contributed by atoms with van der Waals surface area (Å²) in [6.07, 6.45) is 1.08. The van der Waals surface area contributed by atoms with Gasteiger partial charge in [-0.2, -0.15) is 0 Å². The number of piperidine rings is 1. The van der Waals surface area contributed by atoms with E-state index in [0.717, 1.165) is 6.42 Å². The molecular weight excluding hydrogens is 536 g/mol. The zero-order valence-electron chi connectivity index (χ0n) is 23.0. The number of para-hydroxylation sites is 2. The second-order valence-corrected chi connectivity index (χ2v) is 11.0. The molecule has 2 unspecified atom stereocenters. The van der Waals surface area contributed by atoms with Crippen molar-refractivity contribution in [3.63, 3.8) is 0 Å². The van der Waals surface area contributed by atoms with E-state index in [4.69, 9.17) is 14.5 Å². The summed E-state index contributed by atoms with van der Waals surface area (Å²) in [6.45, 7) is 2.94. The number of nitrogens with one attached hydrogen (secondary N) is 2. The van der Waals surface area contributed by atoms with Gasteiger partial charge in [0.15, 0.2) is 12.1 Å². The molecule has 11 nitrogen and oxygen atoms in total. The molecule has 2 amide bonds. The lowest BCUT2D eigenvalue weighted by molar-refractivity contribution is -0.139. The Balaban J connectivity index is 1.19. The Morgan fingerprint density at radius 3 is 2.76 bits per heavy atom. The maximum absolute atomic E-state index is 14.1. The van der Waals surface area contributed by atoms with Gasteiger partial charge in [0.05, 0.1) is 24.2 Å². The largest absolute Gasteiger partial charge is 0.474 e. The lowest BCUT2D eigenvalue weighted by Gasteiger charge is -2.35. The summed E-state index contributed by atoms with van der Waals surface area (Å²) < 4.78 is 41.6. The number of alkyl halides is 2. The number of amides is 2. The van der Waals surface area contributed by atoms with Crippen LogP contribution in [0.4, 0.5) is 8.78 Å². The maximum atomic E-state index is 14.1. The fourth-order valence-electron chi connectivity index (χ4n) is 5.95. The summed E-state index contributed by atoms with van der Waals surface area (Å²) >= 11 is 0. The molecule has 4 atom stereocenters. The standard InChI is InChI=1S/C28H35F2N7O4/c1-35-9-8-17(14-24(35)38)27(39)31-18-6-7-19(15-18)41-23-16-22(33-28(34-23)36-10-12-40-13-11-36)37-21-5-3-2-4-20(21)32-26(37)25(29)30/h2-5,16-19,25,28,33H,6-15H2,1H3,(H,31,39)/t17?,18-,19-,28?/m0/s1. The van der Waals surface area contributed by atoms with Gasteiger partial charge >= 0.3 is 0 Å². The number of aromatic nitrogens is 2. The first-order valence-electron chi connectivity index (χ1n) is 14.2. The van der Waals surface area contributed by atoms with Crippen LogP contribution in [0.1, 0.15) is 44.4 Å². The van der Waals surface area contributed by atoms with E-state index in [2.05, 4.69) is 20.5 Å². The molecule has 3 aliphatic heterocycles. The van der Waals surface area contributed by atoms with E-state index in [9.17, 15) is 18.4 Å². The van der Waals surface area contributed by atoms with Crippen molar-refractivity contribution < 1.29 is 27.8 Å². The van der Waals surface area contributed by atoms with Crippen molar-refractivity contribution in [2.75, 3.05) is 39.9 Å². The number of imidazole rings is 1. The van der Waals surface area contributed by atoms with Crippen molar-refractivity contribution in [3.05, 3.63) is 36.2 Å². The number of hydrogen-bond donors (Lipinski definition) is 2. The average molecular weight is 572 g/mol. The van der Waals surface area contributed by atoms with E-state index in [1.807, 2.05) is 0 Å². The van der Waals surface area contributed by atoms with Gasteiger partial charge in [0.25, 0.3) is 6.43 Å². The Labute approximate surface area is 236 Å². The zero-order chi connectivity index (χ0) is 28.5. The Morgan fingerprint density at radius 1 is 1.17 bits per heavy atom. The van der Waals surface area contributed by atoms with E-state index >= 15 is 0 Å². The molecule has 0 bridgehead atoms. The molecule has 0 spiro atoms. The first-order valence-corrected chi connectivity index (χ1v) is 14.2. The van der Waals surface area contributed by atoms with Crippen LogP contribution in [0.15, 0.2) is 35.3 Å². The van der Waals surface area contributed by atoms with Gasteiger partial charge in [-0.25, -0.2) is 18.8 Å². The van der Waals surface area contributed by atoms with Crippen LogP contribution >= 0.6 is 0 Å². The number of ether oxygens (including phenoxy) is 2. The molecule has 2 N–H and O–H groups in total. The molecule has 4 aliphatic rings. The highest BCUT2D eigenvalue weighted by atomic mass is 19.3. The number of likely N-dealkylation sites (tertiary alicyclic amines) is 1. The molecule has 2 aromatic rings. The smallest absolute Gasteiger partial charge is 0.296 e. The molecule has 13 heteroatoms. The first kappa shape index (κ1) is 27.6. The zero-order valence-corrected chi connectivity index (χ0v) is 23.0. The number of aliphatic imine (C=N–C) groups is 1. The van der Waals surface area contributed by atoms with Crippen molar-refractivity contribution in [1.82, 2.24) is 30.0 Å². The number of rotatable bonds is 6. The Bertz CT molecular complexity index is 1360. The topological polar surface area (TPSA) is 113 Å². The van der Waals surface area contributed by atoms with E-state index in [1.54, 1.807) is 42.3 Å². The van der Waals surface area contributed by atoms with Crippen molar-refractivity contribution >= 4 is 34.6 Å². The fourth-order valence-corrected chi connectivity index (χ4v) is 5.95. The van der Waals surface area contributed by atoms with E-state index < -0.39 is 12.7 Å². The van der Waals surface area contributed by atoms with Crippen LogP contribution in [0.5, 0.6) is 0 Å². The molecule has 1 saturated carbocycles. The molecular formula is C28H35F2N7O4. The highest BCUT2D eigenvalue weighted by molar-refractivity contribution is 5.95. The summed E-state index contributed by atoms with van der Waals surface area (Å²) in [7, 11) is 1.76. The van der Waals surface area contributed by atoms with Gasteiger partial charge < -0.3 is 25.0 Å². The van der Waals surface area contributed by atoms with Gasteiger partial charge in [0.1, 0.15) is 11.9 Å². The number of nitrogens with zero attached hydrogens (tertiary/aromatic N) is 5. The van der Waals surface area contributed by atoms with Crippen LogP contribution in [0.2, 0.25) is 0 Å². The Hall–Kier alpha value is -3.58. The summed E-state index contributed by atoms with van der Waals surface area (Å²) in [4.78, 5) is 37.6. The normalized spacial score (nSPS) is 27.5. The number of carbonyl (C=O) groups excluding carboxylic acids is 2. The van der Waals surface area contributed by atoms with Gasteiger partial charge in [-0.05, 0) is 31.4 Å². The van der Waals surface area contributed by atoms with E-state index in [-0.39, 0.29) is 42.1 Å². The highest BCUT2D eigenvalue weighted by Crippen LogP contribution is 2.30. The van der Waals surface area contributed by atoms with Crippen LogP contribution in [-0.4, -0.2) is 95.4 Å². The molecule has 1 aromatic heterocycles. The third-order valence-corrected chi connectivity index (χ3v) is 8.25. The molecule has 1 aromatic carbocycles. The SMILES string of the molecule is CN1CCC(C(=O)N[C@H]2CC[C@H](OC3=NC(N4CCOCC4)NC(n4c(C(F)F)nc5ccccc54)=C3)C2)CC1=O. The molecule has 0 radical (unpaired) electrons. The second kappa shape index (κ2) is 11.7. The third kappa shape index (κ3) is 5.91. The van der Waals surface area contributed by atoms with E-state index in [0.29, 0.717) is 74.9 Å². The first-order chi connectivity index (χ1) is 19.9. The molecule has 4 heterocycles. The van der Waals surface area contributed by atoms with Gasteiger partial charge in [-0.15, -0.1) is 0 Å². The van der Waals surface area contributed by atoms with Gasteiger partial charge in [0.2, 0.25) is 17.7 Å². The lowest BCUT2D eigenvalue weighted by atomic mass is 9.95. The number of fused-ring (bicyclic) bond motifs is 1. The van der Waals surface area contributed by atoms with E-state index in [1.165, 1.54) is 4.57 Å². The molecule has 6 rings (SSSR count). The van der Waals surface area contributed by atoms with Crippen LogP contribution in [0.3, 0.4) is 0 Å². The van der Waals surface area contributed by atoms with Crippen LogP contribution in [0.25, 0.3) is 16.9 Å². The van der Waals surface area contributed by atoms with Crippen molar-refractivity contribution in [2.24, 2.45) is 10.9 Å². The summed E-state index contributed by atoms with van der Waals surface area (Å²) in [5.74, 6) is -0.0101. The van der Waals surface area contributed by atoms with Crippen LogP contribution in [-0.2, 0) is 19.1 Å². The summed E-state index contributed by atoms with van der Waals surface area (Å²) in [5.41, 5.74) is 1.03. The minimum absolute atomic E-state index is 0.00830. The van der Waals surface area contributed by atoms with Crippen molar-refractivity contribution in [3.8, 4) is 0 Å². The third-order valence-electron chi connectivity index (χ3n) is 8.25. The number of hydrogen-bond acceptors (Lipinski definition) is 8. The predicted octanol–water partition coefficient (Wildman–Crippen LogP) is 2.31. The quantitative estimate of drug-likeness (QED) is 0.547. The molecule has 220 valence electrons. The molecule has 3 fully saturated rings. The van der Waals surface area contributed by atoms with Gasteiger partial charge in [-0.3, -0.25) is 19.1 Å². The number of benzene rings is 1. The number of carbonyl (C=O) groups is 2. The molecule has 1 aliphatic carbocycles. The average Bonchev–Trinajstić information content (AvgIpc) is 3.59. The van der Waals surface area contributed by atoms with Crippen molar-refractivity contribution in [1.29, 1.82) is 0 Å². The maximum Gasteiger partial charge on any atom is 0.296 e. The summed E-state index contributed by atoms with van der Waals surface area (Å²) in [5, 5.41) is 6.42. The number of morpholine rings is 1. The van der Waals surface area contributed by atoms with Crippen LogP contribution < -0.4 is 10.6 Å². The van der Waals surface area contributed by atoms with Gasteiger partial charge in [-0.1, -0.05) is 12.1 Å². The molecule has 41 heavy (non-hydrogen) atoms. The van der Waals surface area contributed by atoms with Crippen molar-refractivity contribution in [2.45, 2.75) is 57.0 Å². The minimum atomic E-state index is -2.78. The minimum Gasteiger partial charge on any atom is -0.474 e. The second-order valence-electron chi connectivity index (χ2n) is 11.0. The Kier molecular flexibility index (Phi) is 7.89.